The van der Waals surface area contributed by atoms with Crippen molar-refractivity contribution in [1.29, 1.82) is 0 Å². The first kappa shape index (κ1) is 19.3. The van der Waals surface area contributed by atoms with Crippen LogP contribution in [0.2, 0.25) is 0 Å². The van der Waals surface area contributed by atoms with E-state index in [4.69, 9.17) is 9.84 Å². The largest absolute Gasteiger partial charge is 0.493 e. The molecule has 138 valence electrons. The Bertz CT molecular complexity index is 607. The van der Waals surface area contributed by atoms with Crippen LogP contribution in [-0.4, -0.2) is 29.6 Å². The molecule has 0 saturated heterocycles. The van der Waals surface area contributed by atoms with Gasteiger partial charge in [0.1, 0.15) is 5.75 Å². The first-order valence-electron chi connectivity index (χ1n) is 8.97. The maximum atomic E-state index is 12.7. The minimum Gasteiger partial charge on any atom is -0.493 e. The van der Waals surface area contributed by atoms with Gasteiger partial charge in [0.05, 0.1) is 17.9 Å². The molecule has 0 heterocycles. The first-order valence-corrected chi connectivity index (χ1v) is 8.97. The summed E-state index contributed by atoms with van der Waals surface area (Å²) >= 11 is 0. The normalized spacial score (nSPS) is 20.5. The Morgan fingerprint density at radius 1 is 1.24 bits per heavy atom. The van der Waals surface area contributed by atoms with Crippen molar-refractivity contribution in [2.24, 2.45) is 11.8 Å². The zero-order chi connectivity index (χ0) is 18.6. The molecular formula is C20H29NO4. The number of hydrogen-bond donors (Lipinski definition) is 2. The molecular weight excluding hydrogens is 318 g/mol. The molecule has 0 bridgehead atoms. The van der Waals surface area contributed by atoms with Gasteiger partial charge in [0.25, 0.3) is 0 Å². The van der Waals surface area contributed by atoms with Crippen molar-refractivity contribution in [2.75, 3.05) is 6.61 Å². The van der Waals surface area contributed by atoms with E-state index in [1.165, 1.54) is 0 Å². The molecule has 1 aliphatic carbocycles. The summed E-state index contributed by atoms with van der Waals surface area (Å²) < 4.78 is 5.68. The fourth-order valence-electron chi connectivity index (χ4n) is 3.06. The van der Waals surface area contributed by atoms with Crippen LogP contribution in [0.5, 0.6) is 5.75 Å². The van der Waals surface area contributed by atoms with Crippen molar-refractivity contribution in [3.8, 4) is 5.75 Å². The summed E-state index contributed by atoms with van der Waals surface area (Å²) in [6.07, 6.45) is 1.86. The van der Waals surface area contributed by atoms with Gasteiger partial charge in [-0.25, -0.2) is 0 Å². The van der Waals surface area contributed by atoms with Crippen LogP contribution in [0.3, 0.4) is 0 Å². The SMILES string of the molecule is CC(C)COc1ccc(C(C)(C)C(=O)N[C@H]2CC[C@@H](C(=O)O)C2)cc1. The van der Waals surface area contributed by atoms with Crippen LogP contribution in [0.4, 0.5) is 0 Å². The fraction of sp³-hybridized carbons (Fsp3) is 0.600. The van der Waals surface area contributed by atoms with Gasteiger partial charge in [-0.2, -0.15) is 0 Å². The molecule has 0 radical (unpaired) electrons. The number of hydrogen-bond acceptors (Lipinski definition) is 3. The second-order valence-corrected chi connectivity index (χ2v) is 7.87. The quantitative estimate of drug-likeness (QED) is 0.793. The molecule has 1 amide bonds. The van der Waals surface area contributed by atoms with E-state index in [1.807, 2.05) is 38.1 Å². The molecule has 2 N–H and O–H groups in total. The summed E-state index contributed by atoms with van der Waals surface area (Å²) in [6, 6.07) is 7.57. The number of amides is 1. The number of rotatable bonds is 7. The molecule has 2 rings (SSSR count). The lowest BCUT2D eigenvalue weighted by Gasteiger charge is -2.26. The Kier molecular flexibility index (Phi) is 6.09. The molecule has 0 aliphatic heterocycles. The van der Waals surface area contributed by atoms with E-state index in [-0.39, 0.29) is 17.9 Å². The Labute approximate surface area is 149 Å². The third kappa shape index (κ3) is 4.97. The monoisotopic (exact) mass is 347 g/mol. The van der Waals surface area contributed by atoms with Crippen molar-refractivity contribution >= 4 is 11.9 Å². The third-order valence-corrected chi connectivity index (χ3v) is 4.84. The maximum Gasteiger partial charge on any atom is 0.306 e. The van der Waals surface area contributed by atoms with Crippen molar-refractivity contribution in [3.63, 3.8) is 0 Å². The van der Waals surface area contributed by atoms with Gasteiger partial charge in [0.15, 0.2) is 0 Å². The number of nitrogens with one attached hydrogen (secondary N) is 1. The molecule has 5 heteroatoms. The molecule has 1 aromatic carbocycles. The van der Waals surface area contributed by atoms with Gasteiger partial charge in [-0.3, -0.25) is 9.59 Å². The van der Waals surface area contributed by atoms with Crippen molar-refractivity contribution in [3.05, 3.63) is 29.8 Å². The average molecular weight is 347 g/mol. The fourth-order valence-corrected chi connectivity index (χ4v) is 3.06. The van der Waals surface area contributed by atoms with E-state index in [0.717, 1.165) is 17.7 Å². The highest BCUT2D eigenvalue weighted by Gasteiger charge is 2.35. The van der Waals surface area contributed by atoms with E-state index in [2.05, 4.69) is 19.2 Å². The highest BCUT2D eigenvalue weighted by atomic mass is 16.5. The van der Waals surface area contributed by atoms with Crippen LogP contribution in [0, 0.1) is 11.8 Å². The lowest BCUT2D eigenvalue weighted by Crippen LogP contribution is -2.44. The minimum atomic E-state index is -0.770. The van der Waals surface area contributed by atoms with E-state index in [0.29, 0.717) is 25.4 Å². The molecule has 0 spiro atoms. The van der Waals surface area contributed by atoms with Gasteiger partial charge in [-0.05, 0) is 56.7 Å². The van der Waals surface area contributed by atoms with E-state index >= 15 is 0 Å². The number of carboxylic acid groups (broad SMARTS) is 1. The number of carbonyl (C=O) groups excluding carboxylic acids is 1. The highest BCUT2D eigenvalue weighted by molar-refractivity contribution is 5.87. The summed E-state index contributed by atoms with van der Waals surface area (Å²) in [5.41, 5.74) is 0.229. The third-order valence-electron chi connectivity index (χ3n) is 4.84. The Balaban J connectivity index is 1.97. The van der Waals surface area contributed by atoms with Crippen LogP contribution in [0.25, 0.3) is 0 Å². The van der Waals surface area contributed by atoms with Gasteiger partial charge >= 0.3 is 5.97 Å². The highest BCUT2D eigenvalue weighted by Crippen LogP contribution is 2.29. The molecule has 1 aliphatic rings. The van der Waals surface area contributed by atoms with Gasteiger partial charge in [0, 0.05) is 6.04 Å². The number of carbonyl (C=O) groups is 2. The predicted molar refractivity (Wildman–Crippen MR) is 96.7 cm³/mol. The topological polar surface area (TPSA) is 75.6 Å². The average Bonchev–Trinajstić information content (AvgIpc) is 3.02. The molecule has 25 heavy (non-hydrogen) atoms. The van der Waals surface area contributed by atoms with Crippen molar-refractivity contribution in [2.45, 2.75) is 58.4 Å². The molecule has 1 fully saturated rings. The Hall–Kier alpha value is -2.04. The van der Waals surface area contributed by atoms with Gasteiger partial charge in [-0.15, -0.1) is 0 Å². The first-order chi connectivity index (χ1) is 11.7. The second-order valence-electron chi connectivity index (χ2n) is 7.87. The second kappa shape index (κ2) is 7.89. The van der Waals surface area contributed by atoms with Crippen LogP contribution < -0.4 is 10.1 Å². The molecule has 5 nitrogen and oxygen atoms in total. The van der Waals surface area contributed by atoms with Gasteiger partial charge < -0.3 is 15.2 Å². The smallest absolute Gasteiger partial charge is 0.306 e. The van der Waals surface area contributed by atoms with E-state index in [1.54, 1.807) is 0 Å². The van der Waals surface area contributed by atoms with Crippen LogP contribution >= 0.6 is 0 Å². The van der Waals surface area contributed by atoms with E-state index in [9.17, 15) is 9.59 Å². The van der Waals surface area contributed by atoms with Crippen LogP contribution in [0.15, 0.2) is 24.3 Å². The summed E-state index contributed by atoms with van der Waals surface area (Å²) in [4.78, 5) is 23.8. The zero-order valence-electron chi connectivity index (χ0n) is 15.5. The lowest BCUT2D eigenvalue weighted by molar-refractivity contribution is -0.141. The van der Waals surface area contributed by atoms with Gasteiger partial charge in [0.2, 0.25) is 5.91 Å². The van der Waals surface area contributed by atoms with Crippen molar-refractivity contribution in [1.82, 2.24) is 5.32 Å². The van der Waals surface area contributed by atoms with Gasteiger partial charge in [-0.1, -0.05) is 26.0 Å². The Morgan fingerprint density at radius 2 is 1.88 bits per heavy atom. The van der Waals surface area contributed by atoms with Crippen LogP contribution in [0.1, 0.15) is 52.5 Å². The molecule has 2 atom stereocenters. The van der Waals surface area contributed by atoms with Crippen LogP contribution in [-0.2, 0) is 15.0 Å². The standard InChI is InChI=1S/C20H29NO4/c1-13(2)12-25-17-9-6-15(7-10-17)20(3,4)19(24)21-16-8-5-14(11-16)18(22)23/h6-7,9-10,13-14,16H,5,8,11-12H2,1-4H3,(H,21,24)(H,22,23)/t14-,16+/m1/s1. The predicted octanol–water partition coefficient (Wildman–Crippen LogP) is 3.37. The molecule has 0 aromatic heterocycles. The summed E-state index contributed by atoms with van der Waals surface area (Å²) in [6.45, 7) is 8.63. The van der Waals surface area contributed by atoms with Crippen molar-refractivity contribution < 1.29 is 19.4 Å². The number of benzene rings is 1. The molecule has 1 saturated carbocycles. The zero-order valence-corrected chi connectivity index (χ0v) is 15.5. The summed E-state index contributed by atoms with van der Waals surface area (Å²) in [7, 11) is 0. The number of carboxylic acids is 1. The molecule has 0 unspecified atom stereocenters. The Morgan fingerprint density at radius 3 is 2.40 bits per heavy atom. The summed E-state index contributed by atoms with van der Waals surface area (Å²) in [5.74, 6) is 0.0786. The lowest BCUT2D eigenvalue weighted by atomic mass is 9.83. The minimum absolute atomic E-state index is 0.0541. The summed E-state index contributed by atoms with van der Waals surface area (Å²) in [5, 5.41) is 12.1. The molecule has 1 aromatic rings. The van der Waals surface area contributed by atoms with E-state index < -0.39 is 11.4 Å². The maximum absolute atomic E-state index is 12.7. The number of aliphatic carboxylic acids is 1. The number of ether oxygens (including phenoxy) is 1.